The van der Waals surface area contributed by atoms with Crippen molar-refractivity contribution in [2.45, 2.75) is 18.1 Å². The lowest BCUT2D eigenvalue weighted by molar-refractivity contribution is 0.174. The van der Waals surface area contributed by atoms with E-state index >= 15 is 0 Å². The molecule has 24 heavy (non-hydrogen) atoms. The number of sulfonamides is 1. The van der Waals surface area contributed by atoms with Crippen molar-refractivity contribution in [2.24, 2.45) is 0 Å². The quantitative estimate of drug-likeness (QED) is 0.855. The van der Waals surface area contributed by atoms with E-state index in [4.69, 9.17) is 9.47 Å². The van der Waals surface area contributed by atoms with Crippen LogP contribution in [0.15, 0.2) is 48.5 Å². The van der Waals surface area contributed by atoms with Crippen LogP contribution in [0, 0.1) is 0 Å². The molecule has 4 rings (SSSR count). The molecule has 0 spiro atoms. The number of nitrogens with zero attached hydrogens (tertiary/aromatic N) is 1. The number of fused-ring (bicyclic) bond motifs is 1. The van der Waals surface area contributed by atoms with Gasteiger partial charge in [-0.05, 0) is 35.6 Å². The van der Waals surface area contributed by atoms with Gasteiger partial charge in [-0.15, -0.1) is 0 Å². The molecule has 0 saturated carbocycles. The van der Waals surface area contributed by atoms with Crippen LogP contribution in [0.1, 0.15) is 23.5 Å². The molecule has 0 aliphatic carbocycles. The number of rotatable bonds is 4. The van der Waals surface area contributed by atoms with Crippen LogP contribution in [-0.2, 0) is 15.8 Å². The number of hydrogen-bond acceptors (Lipinski definition) is 4. The molecule has 1 unspecified atom stereocenters. The molecule has 2 heterocycles. The van der Waals surface area contributed by atoms with Crippen molar-refractivity contribution in [3.63, 3.8) is 0 Å². The Bertz CT molecular complexity index is 835. The highest BCUT2D eigenvalue weighted by molar-refractivity contribution is 7.88. The van der Waals surface area contributed by atoms with Crippen molar-refractivity contribution in [1.82, 2.24) is 4.31 Å². The van der Waals surface area contributed by atoms with E-state index in [1.165, 1.54) is 0 Å². The second-order valence-electron chi connectivity index (χ2n) is 6.20. The van der Waals surface area contributed by atoms with Crippen LogP contribution < -0.4 is 9.47 Å². The Morgan fingerprint density at radius 2 is 1.83 bits per heavy atom. The monoisotopic (exact) mass is 345 g/mol. The Morgan fingerprint density at radius 1 is 1.04 bits per heavy atom. The Labute approximate surface area is 141 Å². The van der Waals surface area contributed by atoms with Crippen LogP contribution in [0.2, 0.25) is 0 Å². The molecule has 2 aromatic carbocycles. The van der Waals surface area contributed by atoms with Gasteiger partial charge in [-0.3, -0.25) is 0 Å². The smallest absolute Gasteiger partial charge is 0.231 e. The Kier molecular flexibility index (Phi) is 3.94. The van der Waals surface area contributed by atoms with Gasteiger partial charge in [-0.2, -0.15) is 0 Å². The van der Waals surface area contributed by atoms with Gasteiger partial charge in [0.15, 0.2) is 11.5 Å². The first-order chi connectivity index (χ1) is 11.6. The average Bonchev–Trinajstić information content (AvgIpc) is 3.24. The Balaban J connectivity index is 1.48. The summed E-state index contributed by atoms with van der Waals surface area (Å²) in [6.07, 6.45) is 0.827. The molecule has 2 aliphatic rings. The maximum absolute atomic E-state index is 12.6. The van der Waals surface area contributed by atoms with Gasteiger partial charge < -0.3 is 9.47 Å². The highest BCUT2D eigenvalue weighted by Crippen LogP contribution is 2.37. The first-order valence-corrected chi connectivity index (χ1v) is 9.64. The molecule has 6 heteroatoms. The first-order valence-electron chi connectivity index (χ1n) is 8.03. The topological polar surface area (TPSA) is 55.8 Å². The highest BCUT2D eigenvalue weighted by atomic mass is 32.2. The summed E-state index contributed by atoms with van der Waals surface area (Å²) >= 11 is 0. The molecule has 2 aliphatic heterocycles. The highest BCUT2D eigenvalue weighted by Gasteiger charge is 2.32. The second-order valence-corrected chi connectivity index (χ2v) is 8.17. The molecule has 0 N–H and O–H groups in total. The van der Waals surface area contributed by atoms with Gasteiger partial charge in [0.1, 0.15) is 0 Å². The maximum Gasteiger partial charge on any atom is 0.231 e. The lowest BCUT2D eigenvalue weighted by Crippen LogP contribution is -2.29. The van der Waals surface area contributed by atoms with Crippen molar-refractivity contribution in [1.29, 1.82) is 0 Å². The van der Waals surface area contributed by atoms with E-state index in [0.29, 0.717) is 13.1 Å². The molecule has 0 aromatic heterocycles. The third-order valence-electron chi connectivity index (χ3n) is 4.60. The van der Waals surface area contributed by atoms with Crippen LogP contribution in [0.3, 0.4) is 0 Å². The van der Waals surface area contributed by atoms with Gasteiger partial charge in [0.05, 0.1) is 5.75 Å². The fraction of sp³-hybridized carbons (Fsp3) is 0.333. The van der Waals surface area contributed by atoms with Gasteiger partial charge in [0, 0.05) is 13.1 Å². The predicted octanol–water partition coefficient (Wildman–Crippen LogP) is 2.73. The molecule has 1 fully saturated rings. The van der Waals surface area contributed by atoms with Crippen molar-refractivity contribution >= 4 is 10.0 Å². The zero-order valence-corrected chi connectivity index (χ0v) is 14.0. The Hall–Kier alpha value is -2.05. The normalized spacial score (nSPS) is 20.4. The molecule has 0 radical (unpaired) electrons. The van der Waals surface area contributed by atoms with Crippen molar-refractivity contribution < 1.29 is 17.9 Å². The average molecular weight is 345 g/mol. The summed E-state index contributed by atoms with van der Waals surface area (Å²) in [5, 5.41) is 0. The van der Waals surface area contributed by atoms with E-state index in [1.54, 1.807) is 4.31 Å². The number of benzene rings is 2. The van der Waals surface area contributed by atoms with Crippen molar-refractivity contribution in [3.05, 3.63) is 59.7 Å². The van der Waals surface area contributed by atoms with Crippen LogP contribution in [0.4, 0.5) is 0 Å². The van der Waals surface area contributed by atoms with Crippen LogP contribution >= 0.6 is 0 Å². The van der Waals surface area contributed by atoms with Gasteiger partial charge in [0.25, 0.3) is 0 Å². The minimum absolute atomic E-state index is 0.0572. The molecule has 5 nitrogen and oxygen atoms in total. The minimum atomic E-state index is -3.29. The summed E-state index contributed by atoms with van der Waals surface area (Å²) in [6.45, 7) is 1.34. The maximum atomic E-state index is 12.6. The van der Waals surface area contributed by atoms with E-state index < -0.39 is 10.0 Å². The molecular weight excluding hydrogens is 326 g/mol. The molecule has 126 valence electrons. The van der Waals surface area contributed by atoms with E-state index in [9.17, 15) is 8.42 Å². The fourth-order valence-corrected chi connectivity index (χ4v) is 4.88. The SMILES string of the molecule is O=S(=O)(Cc1ccccc1)N1CCC(c2ccc3c(c2)OCO3)C1. The third kappa shape index (κ3) is 2.99. The predicted molar refractivity (Wildman–Crippen MR) is 90.6 cm³/mol. The lowest BCUT2D eigenvalue weighted by Gasteiger charge is -2.17. The van der Waals surface area contributed by atoms with E-state index in [1.807, 2.05) is 48.5 Å². The third-order valence-corrected chi connectivity index (χ3v) is 6.42. The standard InChI is InChI=1S/C18H19NO4S/c20-24(21,12-14-4-2-1-3-5-14)19-9-8-16(11-19)15-6-7-17-18(10-15)23-13-22-17/h1-7,10,16H,8-9,11-13H2. The molecule has 2 aromatic rings. The van der Waals surface area contributed by atoms with E-state index in [0.717, 1.165) is 29.0 Å². The molecule has 1 atom stereocenters. The summed E-state index contributed by atoms with van der Waals surface area (Å²) in [4.78, 5) is 0. The summed E-state index contributed by atoms with van der Waals surface area (Å²) in [6, 6.07) is 15.2. The molecule has 0 amide bonds. The summed E-state index contributed by atoms with van der Waals surface area (Å²) in [5.74, 6) is 1.76. The van der Waals surface area contributed by atoms with Crippen LogP contribution in [0.5, 0.6) is 11.5 Å². The van der Waals surface area contributed by atoms with Crippen molar-refractivity contribution in [2.75, 3.05) is 19.9 Å². The van der Waals surface area contributed by atoms with E-state index in [2.05, 4.69) is 0 Å². The zero-order valence-electron chi connectivity index (χ0n) is 13.2. The van der Waals surface area contributed by atoms with Gasteiger partial charge in [0.2, 0.25) is 16.8 Å². The summed E-state index contributed by atoms with van der Waals surface area (Å²) < 4.78 is 37.6. The Morgan fingerprint density at radius 3 is 2.67 bits per heavy atom. The number of hydrogen-bond donors (Lipinski definition) is 0. The van der Waals surface area contributed by atoms with Gasteiger partial charge in [-0.1, -0.05) is 36.4 Å². The lowest BCUT2D eigenvalue weighted by atomic mass is 9.98. The van der Waals surface area contributed by atoms with Gasteiger partial charge >= 0.3 is 0 Å². The van der Waals surface area contributed by atoms with Crippen LogP contribution in [-0.4, -0.2) is 32.6 Å². The van der Waals surface area contributed by atoms with Crippen LogP contribution in [0.25, 0.3) is 0 Å². The van der Waals surface area contributed by atoms with Gasteiger partial charge in [-0.25, -0.2) is 12.7 Å². The minimum Gasteiger partial charge on any atom is -0.454 e. The molecular formula is C18H19NO4S. The van der Waals surface area contributed by atoms with E-state index in [-0.39, 0.29) is 18.5 Å². The summed E-state index contributed by atoms with van der Waals surface area (Å²) in [5.41, 5.74) is 1.93. The zero-order chi connectivity index (χ0) is 16.6. The second kappa shape index (κ2) is 6.11. The first kappa shape index (κ1) is 15.5. The summed E-state index contributed by atoms with van der Waals surface area (Å²) in [7, 11) is -3.29. The fourth-order valence-electron chi connectivity index (χ4n) is 3.30. The molecule has 0 bridgehead atoms. The molecule has 1 saturated heterocycles. The van der Waals surface area contributed by atoms with Crippen molar-refractivity contribution in [3.8, 4) is 11.5 Å². The number of ether oxygens (including phenoxy) is 2. The largest absolute Gasteiger partial charge is 0.454 e.